The zero-order valence-electron chi connectivity index (χ0n) is 38.5. The van der Waals surface area contributed by atoms with Crippen LogP contribution in [-0.4, -0.2) is 125 Å². The predicted octanol–water partition coefficient (Wildman–Crippen LogP) is 5.74. The Hall–Kier alpha value is -6.06. The van der Waals surface area contributed by atoms with E-state index < -0.39 is 33.2 Å². The Morgan fingerprint density at radius 3 is 1.51 bits per heavy atom. The molecule has 2 aromatic carbocycles. The molecule has 0 bridgehead atoms. The number of nitrogen functional groups attached to an aromatic ring is 2. The molecule has 367 valence electrons. The van der Waals surface area contributed by atoms with Crippen LogP contribution in [0.2, 0.25) is 0 Å². The number of hydrogen-bond acceptors (Lipinski definition) is 23. The maximum absolute atomic E-state index is 12.4. The quantitative estimate of drug-likeness (QED) is 0.0124. The topological polar surface area (TPSA) is 298 Å². The standard InChI is InChI=1S/C21H28N6O6S.C21H28N6O4S.BHN.H2/c1-3-32-17(28)14-26(13-16-8-6-7-15(11-16)12-25-9-4-5-10-25)20-18(27(29)30)19(22)23-21(24-20)34-33-31-2;1-3-31-17(28)14-26(20-18(27(29)30)19(22)23-21(24-20)32-2)13-16-8-6-7-15(11-16)12-25-9-4-5-10-25;1-2;/h6-8,11H,3-5,9-10,12-14H2,1-2H3,(H2,22,23,24);6-8,11H,3-5,9-10,12-14H2,1-2H3,(H2,22,23,24);2H;1H/i;;;1+1. The number of nitro groups is 2. The average Bonchev–Trinajstić information content (AvgIpc) is 4.03. The minimum atomic E-state index is -0.668. The molecule has 4 aromatic rings. The number of rotatable bonds is 22. The Balaban J connectivity index is 0.000000348. The molecule has 4 heterocycles. The van der Waals surface area contributed by atoms with Crippen LogP contribution in [0.1, 0.15) is 63.2 Å². The summed E-state index contributed by atoms with van der Waals surface area (Å²) in [5.74, 6) is -1.75. The first-order chi connectivity index (χ1) is 32.8. The summed E-state index contributed by atoms with van der Waals surface area (Å²) >= 11 is 1.86. The zero-order chi connectivity index (χ0) is 49.6. The van der Waals surface area contributed by atoms with Crippen LogP contribution in [0.25, 0.3) is 0 Å². The molecule has 0 saturated carbocycles. The van der Waals surface area contributed by atoms with Crippen molar-refractivity contribution in [3.05, 3.63) is 91.0 Å². The predicted molar refractivity (Wildman–Crippen MR) is 260 cm³/mol. The van der Waals surface area contributed by atoms with Crippen molar-refractivity contribution in [1.82, 2.24) is 29.7 Å². The van der Waals surface area contributed by atoms with E-state index in [-0.39, 0.29) is 69.2 Å². The number of ether oxygens (including phenoxy) is 2. The van der Waals surface area contributed by atoms with Crippen molar-refractivity contribution >= 4 is 78.0 Å². The molecule has 23 nitrogen and oxygen atoms in total. The molecule has 68 heavy (non-hydrogen) atoms. The Morgan fingerprint density at radius 2 is 1.13 bits per heavy atom. The summed E-state index contributed by atoms with van der Waals surface area (Å²) in [5, 5.41) is 29.1. The van der Waals surface area contributed by atoms with Crippen molar-refractivity contribution in [3.8, 4) is 0 Å². The van der Waals surface area contributed by atoms with Crippen LogP contribution in [0.3, 0.4) is 0 Å². The SMILES string of the molecule is CCOC(=O)CN(Cc1cccc(CN2CCCC2)c1)c1nc(SC)nc(N)c1[N+](=O)[O-].CCOC(=O)CN(Cc1cccc(CN2CCCC2)c1)c1nc(SOOC)nc(N)c1[N+](=O)[O-].[2HH].[B]=N. The molecule has 0 spiro atoms. The molecule has 6 rings (SSSR count). The first kappa shape index (κ1) is 54.5. The van der Waals surface area contributed by atoms with Gasteiger partial charge in [0.2, 0.25) is 28.4 Å². The van der Waals surface area contributed by atoms with E-state index >= 15 is 0 Å². The number of aromatic nitrogens is 4. The summed E-state index contributed by atoms with van der Waals surface area (Å²) in [7, 11) is 5.05. The summed E-state index contributed by atoms with van der Waals surface area (Å²) in [6.07, 6.45) is 6.56. The van der Waals surface area contributed by atoms with Gasteiger partial charge in [-0.1, -0.05) is 60.3 Å². The van der Waals surface area contributed by atoms with Crippen LogP contribution in [0.15, 0.2) is 58.8 Å². The van der Waals surface area contributed by atoms with E-state index in [9.17, 15) is 29.8 Å². The Labute approximate surface area is 405 Å². The third kappa shape index (κ3) is 16.6. The van der Waals surface area contributed by atoms with Gasteiger partial charge in [-0.05, 0) is 94.2 Å². The molecule has 1 radical (unpaired) electrons. The van der Waals surface area contributed by atoms with Crippen LogP contribution in [0, 0.1) is 25.5 Å². The maximum atomic E-state index is 12.4. The zero-order valence-corrected chi connectivity index (χ0v) is 40.2. The summed E-state index contributed by atoms with van der Waals surface area (Å²) in [6, 6.07) is 15.9. The van der Waals surface area contributed by atoms with E-state index in [1.165, 1.54) is 54.4 Å². The van der Waals surface area contributed by atoms with Crippen LogP contribution in [0.4, 0.5) is 34.6 Å². The number of carbonyl (C=O) groups excluding carboxylic acids is 2. The van der Waals surface area contributed by atoms with Crippen molar-refractivity contribution in [1.29, 1.82) is 5.31 Å². The average molecular weight is 982 g/mol. The fraction of sp³-hybridized carbons (Fsp3) is 0.476. The second-order valence-corrected chi connectivity index (χ2v) is 16.5. The number of thioether (sulfide) groups is 1. The number of anilines is 4. The van der Waals surface area contributed by atoms with E-state index in [1.54, 1.807) is 20.1 Å². The number of benzene rings is 2. The van der Waals surface area contributed by atoms with Crippen molar-refractivity contribution in [2.24, 2.45) is 0 Å². The molecule has 0 unspecified atom stereocenters. The normalized spacial score (nSPS) is 13.4. The van der Waals surface area contributed by atoms with E-state index in [4.69, 9.17) is 30.6 Å². The summed E-state index contributed by atoms with van der Waals surface area (Å²) in [4.78, 5) is 75.7. The van der Waals surface area contributed by atoms with Gasteiger partial charge in [0.25, 0.3) is 0 Å². The van der Waals surface area contributed by atoms with Gasteiger partial charge < -0.3 is 30.7 Å². The second kappa shape index (κ2) is 28.3. The Kier molecular flexibility index (Phi) is 22.7. The molecule has 2 aromatic heterocycles. The molecule has 0 atom stereocenters. The number of esters is 2. The third-order valence-corrected chi connectivity index (χ3v) is 11.3. The van der Waals surface area contributed by atoms with Crippen LogP contribution < -0.4 is 21.3 Å². The van der Waals surface area contributed by atoms with Gasteiger partial charge in [0.1, 0.15) is 25.1 Å². The van der Waals surface area contributed by atoms with Crippen molar-refractivity contribution in [2.75, 3.05) is 87.1 Å². The van der Waals surface area contributed by atoms with Crippen LogP contribution in [-0.2, 0) is 54.5 Å². The van der Waals surface area contributed by atoms with Gasteiger partial charge in [-0.2, -0.15) is 24.3 Å². The molecule has 0 aliphatic carbocycles. The number of nitrogens with one attached hydrogen (secondary N) is 1. The van der Waals surface area contributed by atoms with Crippen molar-refractivity contribution in [3.63, 3.8) is 0 Å². The summed E-state index contributed by atoms with van der Waals surface area (Å²) < 4.78 is 15.0. The first-order valence-corrected chi connectivity index (χ1v) is 23.5. The number of hydrogen-bond donors (Lipinski definition) is 3. The number of likely N-dealkylation sites (tertiary alicyclic amines) is 2. The van der Waals surface area contributed by atoms with Crippen LogP contribution >= 0.6 is 23.8 Å². The van der Waals surface area contributed by atoms with E-state index in [0.29, 0.717) is 17.2 Å². The molecular formula is C42H59BN13O10S2. The fourth-order valence-corrected chi connectivity index (χ4v) is 8.25. The van der Waals surface area contributed by atoms with E-state index in [2.05, 4.69) is 54.4 Å². The second-order valence-electron chi connectivity index (χ2n) is 15.1. The van der Waals surface area contributed by atoms with Gasteiger partial charge in [0, 0.05) is 27.6 Å². The van der Waals surface area contributed by atoms with Gasteiger partial charge in [0.05, 0.1) is 30.2 Å². The first-order valence-electron chi connectivity index (χ1n) is 21.6. The molecule has 2 saturated heterocycles. The summed E-state index contributed by atoms with van der Waals surface area (Å²) in [6.45, 7) is 9.69. The molecule has 2 fully saturated rings. The van der Waals surface area contributed by atoms with Gasteiger partial charge in [-0.15, -0.1) is 0 Å². The fourth-order valence-electron chi connectivity index (χ4n) is 7.49. The molecule has 0 amide bonds. The van der Waals surface area contributed by atoms with Gasteiger partial charge in [-0.3, -0.25) is 39.6 Å². The van der Waals surface area contributed by atoms with Gasteiger partial charge in [-0.25, -0.2) is 4.89 Å². The molecule has 2 aliphatic rings. The Morgan fingerprint density at radius 1 is 0.735 bits per heavy atom. The number of nitrogens with two attached hydrogens (primary N) is 2. The Bertz CT molecular complexity index is 2320. The van der Waals surface area contributed by atoms with E-state index in [1.807, 2.05) is 36.4 Å². The van der Waals surface area contributed by atoms with Gasteiger partial charge >= 0.3 is 36.3 Å². The van der Waals surface area contributed by atoms with Gasteiger partial charge in [0.15, 0.2) is 5.16 Å². The number of carbonyl (C=O) groups is 2. The molecule has 26 heteroatoms. The summed E-state index contributed by atoms with van der Waals surface area (Å²) in [5.41, 5.74) is 14.9. The van der Waals surface area contributed by atoms with Crippen molar-refractivity contribution in [2.45, 2.75) is 76.0 Å². The molecule has 2 aliphatic heterocycles. The van der Waals surface area contributed by atoms with Crippen molar-refractivity contribution < 1.29 is 39.6 Å². The third-order valence-electron chi connectivity index (χ3n) is 10.3. The van der Waals surface area contributed by atoms with E-state index in [0.717, 1.165) is 61.5 Å². The molecular weight excluding hydrogens is 921 g/mol. The van der Waals surface area contributed by atoms with Crippen LogP contribution in [0.5, 0.6) is 0 Å². The monoisotopic (exact) mass is 981 g/mol. The minimum absolute atomic E-state index is 0. The number of nitrogens with zero attached hydrogens (tertiary/aromatic N) is 10. The molecule has 5 N–H and O–H groups in total.